The molecule has 1 unspecified atom stereocenters. The molecule has 1 aromatic heterocycles. The Balaban J connectivity index is 2.17. The van der Waals surface area contributed by atoms with Crippen LogP contribution in [0.15, 0.2) is 24.3 Å². The van der Waals surface area contributed by atoms with Crippen LogP contribution in [0, 0.1) is 0 Å². The van der Waals surface area contributed by atoms with Crippen molar-refractivity contribution in [3.05, 3.63) is 35.5 Å². The number of hydrogen-bond acceptors (Lipinski definition) is 2. The van der Waals surface area contributed by atoms with Crippen molar-refractivity contribution in [1.82, 2.24) is 9.88 Å². The van der Waals surface area contributed by atoms with Gasteiger partial charge in [-0.15, -0.1) is 0 Å². The summed E-state index contributed by atoms with van der Waals surface area (Å²) in [6.45, 7) is 2.55. The van der Waals surface area contributed by atoms with Crippen LogP contribution in [0.5, 0.6) is 0 Å². The fourth-order valence-corrected chi connectivity index (χ4v) is 3.74. The largest absolute Gasteiger partial charge is 0.418 e. The lowest BCUT2D eigenvalue weighted by Gasteiger charge is -2.26. The first kappa shape index (κ1) is 17.3. The Morgan fingerprint density at radius 2 is 2.08 bits per heavy atom. The number of methoxy groups -OCH3 is 1. The van der Waals surface area contributed by atoms with Gasteiger partial charge in [-0.1, -0.05) is 18.2 Å². The molecule has 0 bridgehead atoms. The Labute approximate surface area is 139 Å². The molecule has 0 spiro atoms. The normalized spacial score (nSPS) is 19.1. The van der Waals surface area contributed by atoms with Gasteiger partial charge in [0, 0.05) is 49.3 Å². The quantitative estimate of drug-likeness (QED) is 0.827. The van der Waals surface area contributed by atoms with E-state index in [1.54, 1.807) is 31.4 Å². The first-order valence-corrected chi connectivity index (χ1v) is 8.42. The van der Waals surface area contributed by atoms with E-state index in [-0.39, 0.29) is 5.92 Å². The summed E-state index contributed by atoms with van der Waals surface area (Å²) in [5.74, 6) is -0.106. The van der Waals surface area contributed by atoms with Gasteiger partial charge in [-0.2, -0.15) is 13.2 Å². The number of alkyl halides is 3. The van der Waals surface area contributed by atoms with Gasteiger partial charge in [0.25, 0.3) is 0 Å². The van der Waals surface area contributed by atoms with Crippen LogP contribution in [0.2, 0.25) is 0 Å². The van der Waals surface area contributed by atoms with E-state index in [0.29, 0.717) is 42.7 Å². The van der Waals surface area contributed by atoms with E-state index in [4.69, 9.17) is 4.74 Å². The van der Waals surface area contributed by atoms with Crippen molar-refractivity contribution in [2.24, 2.45) is 0 Å². The summed E-state index contributed by atoms with van der Waals surface area (Å²) >= 11 is 0. The van der Waals surface area contributed by atoms with Crippen molar-refractivity contribution in [3.8, 4) is 0 Å². The minimum atomic E-state index is -4.35. The Bertz CT molecular complexity index is 687. The van der Waals surface area contributed by atoms with Crippen molar-refractivity contribution >= 4 is 10.9 Å². The van der Waals surface area contributed by atoms with E-state index in [2.05, 4.69) is 5.32 Å². The maximum atomic E-state index is 13.9. The monoisotopic (exact) mass is 340 g/mol. The third-order valence-electron chi connectivity index (χ3n) is 4.71. The standard InChI is InChI=1S/C18H23F3N2O/c1-24-11-5-10-23-15-8-3-2-7-14(15)16(18(19,20)21)17(23)13-6-4-9-22-12-13/h2-3,7-8,13,22H,4-6,9-12H2,1H3. The van der Waals surface area contributed by atoms with E-state index in [1.165, 1.54) is 0 Å². The lowest BCUT2D eigenvalue weighted by molar-refractivity contribution is -0.137. The van der Waals surface area contributed by atoms with E-state index in [0.717, 1.165) is 19.4 Å². The van der Waals surface area contributed by atoms with Gasteiger partial charge in [0.1, 0.15) is 0 Å². The molecule has 1 N–H and O–H groups in total. The molecule has 1 fully saturated rings. The minimum Gasteiger partial charge on any atom is -0.385 e. The highest BCUT2D eigenvalue weighted by molar-refractivity contribution is 5.86. The number of fused-ring (bicyclic) bond motifs is 1. The molecule has 24 heavy (non-hydrogen) atoms. The summed E-state index contributed by atoms with van der Waals surface area (Å²) in [7, 11) is 1.61. The lowest BCUT2D eigenvalue weighted by atomic mass is 9.92. The molecule has 3 nitrogen and oxygen atoms in total. The molecule has 3 rings (SSSR count). The molecule has 6 heteroatoms. The number of benzene rings is 1. The molecule has 0 saturated carbocycles. The van der Waals surface area contributed by atoms with Crippen LogP contribution in [0.25, 0.3) is 10.9 Å². The highest BCUT2D eigenvalue weighted by Gasteiger charge is 2.40. The fourth-order valence-electron chi connectivity index (χ4n) is 3.74. The van der Waals surface area contributed by atoms with Gasteiger partial charge in [0.2, 0.25) is 0 Å². The lowest BCUT2D eigenvalue weighted by Crippen LogP contribution is -2.31. The van der Waals surface area contributed by atoms with Crippen molar-refractivity contribution in [2.45, 2.75) is 37.9 Å². The van der Waals surface area contributed by atoms with E-state index >= 15 is 0 Å². The molecule has 132 valence electrons. The molecule has 1 aromatic carbocycles. The van der Waals surface area contributed by atoms with Gasteiger partial charge in [0.15, 0.2) is 0 Å². The molecule has 1 atom stereocenters. The number of aromatic nitrogens is 1. The van der Waals surface area contributed by atoms with E-state index < -0.39 is 11.7 Å². The number of nitrogens with one attached hydrogen (secondary N) is 1. The Morgan fingerprint density at radius 1 is 1.29 bits per heavy atom. The molecule has 1 aliphatic heterocycles. The predicted octanol–water partition coefficient (Wildman–Crippen LogP) is 4.16. The molecule has 2 aromatic rings. The zero-order valence-corrected chi connectivity index (χ0v) is 13.8. The molecular weight excluding hydrogens is 317 g/mol. The van der Waals surface area contributed by atoms with Gasteiger partial charge < -0.3 is 14.6 Å². The van der Waals surface area contributed by atoms with Gasteiger partial charge in [-0.25, -0.2) is 0 Å². The number of para-hydroxylation sites is 1. The van der Waals surface area contributed by atoms with Crippen LogP contribution in [0.3, 0.4) is 0 Å². The van der Waals surface area contributed by atoms with E-state index in [1.807, 2.05) is 4.57 Å². The average molecular weight is 340 g/mol. The first-order valence-electron chi connectivity index (χ1n) is 8.42. The molecule has 2 heterocycles. The summed E-state index contributed by atoms with van der Waals surface area (Å²) < 4.78 is 48.6. The summed E-state index contributed by atoms with van der Waals surface area (Å²) in [6, 6.07) is 6.86. The van der Waals surface area contributed by atoms with Crippen LogP contribution in [0.1, 0.15) is 36.4 Å². The Hall–Kier alpha value is -1.53. The number of nitrogens with zero attached hydrogens (tertiary/aromatic N) is 1. The highest BCUT2D eigenvalue weighted by Crippen LogP contribution is 2.43. The zero-order chi connectivity index (χ0) is 17.2. The second kappa shape index (κ2) is 7.15. The number of ether oxygens (including phenoxy) is 1. The predicted molar refractivity (Wildman–Crippen MR) is 88.3 cm³/mol. The Morgan fingerprint density at radius 3 is 2.75 bits per heavy atom. The van der Waals surface area contributed by atoms with Crippen molar-refractivity contribution in [1.29, 1.82) is 0 Å². The minimum absolute atomic E-state index is 0.106. The average Bonchev–Trinajstić information content (AvgIpc) is 2.91. The topological polar surface area (TPSA) is 26.2 Å². The molecule has 0 amide bonds. The van der Waals surface area contributed by atoms with Crippen LogP contribution in [0.4, 0.5) is 13.2 Å². The molecule has 1 aliphatic rings. The third kappa shape index (κ3) is 3.30. The number of piperidine rings is 1. The van der Waals surface area contributed by atoms with Gasteiger partial charge in [-0.05, 0) is 31.9 Å². The third-order valence-corrected chi connectivity index (χ3v) is 4.71. The van der Waals surface area contributed by atoms with Crippen LogP contribution >= 0.6 is 0 Å². The van der Waals surface area contributed by atoms with Crippen LogP contribution in [-0.4, -0.2) is 31.4 Å². The van der Waals surface area contributed by atoms with Gasteiger partial charge in [0.05, 0.1) is 5.56 Å². The SMILES string of the molecule is COCCCn1c(C2CCCNC2)c(C(F)(F)F)c2ccccc21. The molecular formula is C18H23F3N2O. The molecule has 1 saturated heterocycles. The van der Waals surface area contributed by atoms with Crippen LogP contribution in [-0.2, 0) is 17.5 Å². The van der Waals surface area contributed by atoms with E-state index in [9.17, 15) is 13.2 Å². The second-order valence-electron chi connectivity index (χ2n) is 6.32. The Kier molecular flexibility index (Phi) is 5.15. The summed E-state index contributed by atoms with van der Waals surface area (Å²) in [5.41, 5.74) is 0.651. The van der Waals surface area contributed by atoms with Crippen molar-refractivity contribution < 1.29 is 17.9 Å². The number of rotatable bonds is 5. The zero-order valence-electron chi connectivity index (χ0n) is 13.8. The van der Waals surface area contributed by atoms with Crippen LogP contribution < -0.4 is 5.32 Å². The summed E-state index contributed by atoms with van der Waals surface area (Å²) in [6.07, 6.45) is -1.96. The molecule has 0 radical (unpaired) electrons. The van der Waals surface area contributed by atoms with Crippen molar-refractivity contribution in [3.63, 3.8) is 0 Å². The van der Waals surface area contributed by atoms with Gasteiger partial charge in [-0.3, -0.25) is 0 Å². The number of hydrogen-bond donors (Lipinski definition) is 1. The number of aryl methyl sites for hydroxylation is 1. The molecule has 0 aliphatic carbocycles. The smallest absolute Gasteiger partial charge is 0.385 e. The number of halogens is 3. The van der Waals surface area contributed by atoms with Gasteiger partial charge >= 0.3 is 6.18 Å². The summed E-state index contributed by atoms with van der Waals surface area (Å²) in [4.78, 5) is 0. The maximum Gasteiger partial charge on any atom is 0.418 e. The maximum absolute atomic E-state index is 13.9. The highest BCUT2D eigenvalue weighted by atomic mass is 19.4. The summed E-state index contributed by atoms with van der Waals surface area (Å²) in [5, 5.41) is 3.55. The fraction of sp³-hybridized carbons (Fsp3) is 0.556. The second-order valence-corrected chi connectivity index (χ2v) is 6.32. The first-order chi connectivity index (χ1) is 11.5. The van der Waals surface area contributed by atoms with Crippen molar-refractivity contribution in [2.75, 3.05) is 26.8 Å².